The maximum absolute atomic E-state index is 13.1. The summed E-state index contributed by atoms with van der Waals surface area (Å²) in [5.41, 5.74) is 11.7. The lowest BCUT2D eigenvalue weighted by atomic mass is 9.95. The molecule has 0 aromatic carbocycles. The van der Waals surface area contributed by atoms with Gasteiger partial charge in [-0.1, -0.05) is 40.5 Å². The lowest BCUT2D eigenvalue weighted by Crippen LogP contribution is -2.59. The smallest absolute Gasteiger partial charge is 0.326 e. The van der Waals surface area contributed by atoms with Crippen LogP contribution in [0.25, 0.3) is 0 Å². The summed E-state index contributed by atoms with van der Waals surface area (Å²) >= 11 is 0. The van der Waals surface area contributed by atoms with Crippen LogP contribution in [0.1, 0.15) is 52.7 Å². The first-order chi connectivity index (χ1) is 16.4. The monoisotopic (exact) mass is 495 g/mol. The maximum Gasteiger partial charge on any atom is 0.326 e. The van der Waals surface area contributed by atoms with Crippen molar-refractivity contribution in [2.24, 2.45) is 23.3 Å². The van der Waals surface area contributed by atoms with Crippen molar-refractivity contribution in [1.29, 1.82) is 0 Å². The van der Waals surface area contributed by atoms with Gasteiger partial charge in [-0.25, -0.2) is 9.78 Å². The van der Waals surface area contributed by atoms with Crippen LogP contribution in [0.4, 0.5) is 0 Å². The van der Waals surface area contributed by atoms with Crippen LogP contribution in [0.3, 0.4) is 0 Å². The summed E-state index contributed by atoms with van der Waals surface area (Å²) < 4.78 is 0. The highest BCUT2D eigenvalue weighted by Crippen LogP contribution is 2.12. The predicted molar refractivity (Wildman–Crippen MR) is 126 cm³/mol. The fourth-order valence-electron chi connectivity index (χ4n) is 3.22. The van der Waals surface area contributed by atoms with E-state index in [0.29, 0.717) is 18.5 Å². The molecule has 1 heterocycles. The Balaban J connectivity index is 3.03. The summed E-state index contributed by atoms with van der Waals surface area (Å²) in [6.07, 6.45) is 3.30. The predicted octanol–water partition coefficient (Wildman–Crippen LogP) is -1.21. The van der Waals surface area contributed by atoms with Gasteiger partial charge in [0.1, 0.15) is 18.1 Å². The number of hydrogen-bond donors (Lipinski definition) is 7. The number of primary amides is 1. The number of nitrogens with one attached hydrogen (secondary N) is 4. The zero-order valence-electron chi connectivity index (χ0n) is 20.5. The van der Waals surface area contributed by atoms with Gasteiger partial charge in [0.2, 0.25) is 23.6 Å². The maximum atomic E-state index is 13.1. The average Bonchev–Trinajstić information content (AvgIpc) is 3.32. The lowest BCUT2D eigenvalue weighted by Gasteiger charge is -2.28. The molecule has 13 heteroatoms. The van der Waals surface area contributed by atoms with E-state index >= 15 is 0 Å². The number of carboxylic acid groups (broad SMARTS) is 1. The molecule has 9 N–H and O–H groups in total. The van der Waals surface area contributed by atoms with Gasteiger partial charge in [0.15, 0.2) is 0 Å². The van der Waals surface area contributed by atoms with E-state index in [9.17, 15) is 29.1 Å². The van der Waals surface area contributed by atoms with Crippen molar-refractivity contribution in [1.82, 2.24) is 25.9 Å². The Bertz CT molecular complexity index is 876. The van der Waals surface area contributed by atoms with Crippen LogP contribution in [-0.4, -0.2) is 68.8 Å². The van der Waals surface area contributed by atoms with Crippen LogP contribution in [0.2, 0.25) is 0 Å². The Morgan fingerprint density at radius 3 is 2.06 bits per heavy atom. The number of rotatable bonds is 15. The van der Waals surface area contributed by atoms with Gasteiger partial charge in [-0.2, -0.15) is 0 Å². The van der Waals surface area contributed by atoms with E-state index in [0.717, 1.165) is 0 Å². The molecule has 0 saturated heterocycles. The summed E-state index contributed by atoms with van der Waals surface area (Å²) in [6.45, 7) is 7.28. The molecular weight excluding hydrogens is 458 g/mol. The molecule has 0 bridgehead atoms. The number of nitrogens with zero attached hydrogens (tertiary/aromatic N) is 1. The number of carboxylic acids is 1. The Hall–Kier alpha value is -3.48. The summed E-state index contributed by atoms with van der Waals surface area (Å²) in [4.78, 5) is 68.3. The second-order valence-electron chi connectivity index (χ2n) is 8.70. The number of aromatic nitrogens is 2. The summed E-state index contributed by atoms with van der Waals surface area (Å²) in [5.74, 6) is -4.78. The molecule has 6 atom stereocenters. The van der Waals surface area contributed by atoms with Gasteiger partial charge in [0, 0.05) is 18.3 Å². The molecule has 13 nitrogen and oxygen atoms in total. The van der Waals surface area contributed by atoms with E-state index < -0.39 is 60.2 Å². The minimum atomic E-state index is -1.45. The summed E-state index contributed by atoms with van der Waals surface area (Å²) in [6, 6.07) is -4.67. The number of hydrogen-bond acceptors (Lipinski definition) is 7. The Morgan fingerprint density at radius 1 is 0.971 bits per heavy atom. The van der Waals surface area contributed by atoms with Gasteiger partial charge in [-0.05, 0) is 11.8 Å². The van der Waals surface area contributed by atoms with E-state index in [2.05, 4.69) is 25.9 Å². The van der Waals surface area contributed by atoms with E-state index in [1.165, 1.54) is 12.5 Å². The molecule has 0 saturated carbocycles. The highest BCUT2D eigenvalue weighted by molar-refractivity contribution is 5.96. The standard InChI is InChI=1S/C22H37N7O6/c1-5-11(3)17(24)20(32)29-18(12(4)6-2)21(33)27-14(8-16(23)30)19(31)28-15(22(34)35)7-13-9-25-10-26-13/h9-12,14-15,17-18H,5-8,24H2,1-4H3,(H2,23,30)(H,25,26)(H,27,33)(H,28,31)(H,29,32)(H,34,35). The van der Waals surface area contributed by atoms with E-state index in [-0.39, 0.29) is 18.3 Å². The first kappa shape index (κ1) is 29.6. The molecular formula is C22H37N7O6. The molecule has 35 heavy (non-hydrogen) atoms. The molecule has 196 valence electrons. The molecule has 0 aliphatic heterocycles. The van der Waals surface area contributed by atoms with Gasteiger partial charge >= 0.3 is 5.97 Å². The number of imidazole rings is 1. The zero-order chi connectivity index (χ0) is 26.7. The van der Waals surface area contributed by atoms with Gasteiger partial charge in [-0.3, -0.25) is 19.2 Å². The van der Waals surface area contributed by atoms with E-state index in [4.69, 9.17) is 11.5 Å². The molecule has 1 rings (SSSR count). The number of nitrogens with two attached hydrogens (primary N) is 2. The minimum Gasteiger partial charge on any atom is -0.480 e. The largest absolute Gasteiger partial charge is 0.480 e. The number of H-pyrrole nitrogens is 1. The molecule has 6 unspecified atom stereocenters. The second-order valence-corrected chi connectivity index (χ2v) is 8.70. The minimum absolute atomic E-state index is 0.0998. The van der Waals surface area contributed by atoms with Crippen LogP contribution in [0.15, 0.2) is 12.5 Å². The summed E-state index contributed by atoms with van der Waals surface area (Å²) in [5, 5.41) is 16.9. The van der Waals surface area contributed by atoms with Crippen molar-refractivity contribution in [2.75, 3.05) is 0 Å². The molecule has 0 fully saturated rings. The topological polar surface area (TPSA) is 222 Å². The lowest BCUT2D eigenvalue weighted by molar-refractivity contribution is -0.142. The van der Waals surface area contributed by atoms with Crippen LogP contribution in [-0.2, 0) is 30.4 Å². The van der Waals surface area contributed by atoms with Crippen molar-refractivity contribution in [3.8, 4) is 0 Å². The van der Waals surface area contributed by atoms with Crippen molar-refractivity contribution < 1.29 is 29.1 Å². The van der Waals surface area contributed by atoms with Crippen molar-refractivity contribution in [3.63, 3.8) is 0 Å². The van der Waals surface area contributed by atoms with Crippen LogP contribution in [0, 0.1) is 11.8 Å². The summed E-state index contributed by atoms with van der Waals surface area (Å²) in [7, 11) is 0. The molecule has 0 aliphatic rings. The molecule has 1 aromatic rings. The Labute approximate surface area is 204 Å². The van der Waals surface area contributed by atoms with Crippen LogP contribution in [0.5, 0.6) is 0 Å². The molecule has 4 amide bonds. The van der Waals surface area contributed by atoms with E-state index in [1.807, 2.05) is 20.8 Å². The van der Waals surface area contributed by atoms with E-state index in [1.54, 1.807) is 6.92 Å². The van der Waals surface area contributed by atoms with Crippen LogP contribution >= 0.6 is 0 Å². The quantitative estimate of drug-likeness (QED) is 0.156. The number of carbonyl (C=O) groups excluding carboxylic acids is 4. The highest BCUT2D eigenvalue weighted by atomic mass is 16.4. The first-order valence-corrected chi connectivity index (χ1v) is 11.6. The zero-order valence-corrected chi connectivity index (χ0v) is 20.5. The normalized spacial score (nSPS) is 16.1. The van der Waals surface area contributed by atoms with Gasteiger partial charge in [0.25, 0.3) is 0 Å². The number of aromatic amines is 1. The SMILES string of the molecule is CCC(C)C(N)C(=O)NC(C(=O)NC(CC(N)=O)C(=O)NC(Cc1cnc[nH]1)C(=O)O)C(C)CC. The van der Waals surface area contributed by atoms with Crippen molar-refractivity contribution in [3.05, 3.63) is 18.2 Å². The molecule has 0 radical (unpaired) electrons. The fourth-order valence-corrected chi connectivity index (χ4v) is 3.22. The number of carbonyl (C=O) groups is 5. The third kappa shape index (κ3) is 9.35. The second kappa shape index (κ2) is 14.0. The third-order valence-electron chi connectivity index (χ3n) is 5.98. The van der Waals surface area contributed by atoms with Crippen molar-refractivity contribution >= 4 is 29.6 Å². The number of amides is 4. The molecule has 0 aliphatic carbocycles. The van der Waals surface area contributed by atoms with Gasteiger partial charge < -0.3 is 37.5 Å². The third-order valence-corrected chi connectivity index (χ3v) is 5.98. The van der Waals surface area contributed by atoms with Gasteiger partial charge in [0.05, 0.1) is 18.8 Å². The number of aliphatic carboxylic acids is 1. The Kier molecular flexibility index (Phi) is 11.9. The van der Waals surface area contributed by atoms with Gasteiger partial charge in [-0.15, -0.1) is 0 Å². The van der Waals surface area contributed by atoms with Crippen molar-refractivity contribution in [2.45, 2.75) is 77.5 Å². The molecule has 0 spiro atoms. The average molecular weight is 496 g/mol. The Morgan fingerprint density at radius 2 is 1.57 bits per heavy atom. The highest BCUT2D eigenvalue weighted by Gasteiger charge is 2.33. The fraction of sp³-hybridized carbons (Fsp3) is 0.636. The van der Waals surface area contributed by atoms with Crippen LogP contribution < -0.4 is 27.4 Å². The first-order valence-electron chi connectivity index (χ1n) is 11.6. The molecule has 1 aromatic heterocycles.